The molecule has 2 aromatic carbocycles. The van der Waals surface area contributed by atoms with Crippen molar-refractivity contribution in [2.45, 2.75) is 12.6 Å². The minimum Gasteiger partial charge on any atom is -0.496 e. The summed E-state index contributed by atoms with van der Waals surface area (Å²) in [5.41, 5.74) is 3.34. The second-order valence-corrected chi connectivity index (χ2v) is 7.39. The van der Waals surface area contributed by atoms with Gasteiger partial charge in [0.15, 0.2) is 5.82 Å². The molecule has 1 atom stereocenters. The number of fused-ring (bicyclic) bond motifs is 2. The highest BCUT2D eigenvalue weighted by Crippen LogP contribution is 2.41. The summed E-state index contributed by atoms with van der Waals surface area (Å²) in [7, 11) is 3.24. The number of hydrogen-bond donors (Lipinski definition) is 1. The standard InChI is InChI=1S/C24H22N4O3/c1-30-20-9-10-21(31-2)22-17(20)13-28(14-19(22)29)24-16-7-3-4-8-18(16)26-23(27-24)15-6-5-11-25-12-15/h3-12,19,29H,13-14H2,1-2H3/t19-/m0/s1. The van der Waals surface area contributed by atoms with Crippen molar-refractivity contribution in [1.82, 2.24) is 15.0 Å². The molecule has 0 saturated heterocycles. The summed E-state index contributed by atoms with van der Waals surface area (Å²) in [4.78, 5) is 15.9. The molecule has 1 aliphatic heterocycles. The summed E-state index contributed by atoms with van der Waals surface area (Å²) >= 11 is 0. The maximum Gasteiger partial charge on any atom is 0.163 e. The van der Waals surface area contributed by atoms with Crippen LogP contribution in [-0.2, 0) is 6.54 Å². The molecule has 0 aliphatic carbocycles. The first-order chi connectivity index (χ1) is 15.2. The van der Waals surface area contributed by atoms with E-state index in [9.17, 15) is 5.11 Å². The smallest absolute Gasteiger partial charge is 0.163 e. The van der Waals surface area contributed by atoms with Gasteiger partial charge in [-0.05, 0) is 36.4 Å². The van der Waals surface area contributed by atoms with Crippen LogP contribution in [-0.4, -0.2) is 40.8 Å². The molecule has 0 amide bonds. The number of aromatic nitrogens is 3. The number of aliphatic hydroxyl groups is 1. The summed E-state index contributed by atoms with van der Waals surface area (Å²) in [5.74, 6) is 2.73. The third-order valence-corrected chi connectivity index (χ3v) is 5.59. The Morgan fingerprint density at radius 2 is 1.77 bits per heavy atom. The van der Waals surface area contributed by atoms with Gasteiger partial charge in [0.25, 0.3) is 0 Å². The lowest BCUT2D eigenvalue weighted by molar-refractivity contribution is 0.169. The Morgan fingerprint density at radius 3 is 2.55 bits per heavy atom. The molecule has 7 nitrogen and oxygen atoms in total. The molecule has 0 bridgehead atoms. The zero-order valence-corrected chi connectivity index (χ0v) is 17.3. The van der Waals surface area contributed by atoms with Crippen LogP contribution in [0.1, 0.15) is 17.2 Å². The fourth-order valence-electron chi connectivity index (χ4n) is 4.16. The number of methoxy groups -OCH3 is 2. The fourth-order valence-corrected chi connectivity index (χ4v) is 4.16. The highest BCUT2D eigenvalue weighted by molar-refractivity contribution is 5.91. The summed E-state index contributed by atoms with van der Waals surface area (Å²) in [6.07, 6.45) is 2.73. The molecule has 7 heteroatoms. The zero-order valence-electron chi connectivity index (χ0n) is 17.3. The number of ether oxygens (including phenoxy) is 2. The van der Waals surface area contributed by atoms with Crippen molar-refractivity contribution in [3.63, 3.8) is 0 Å². The van der Waals surface area contributed by atoms with Gasteiger partial charge < -0.3 is 19.5 Å². The number of para-hydroxylation sites is 1. The van der Waals surface area contributed by atoms with Gasteiger partial charge in [-0.2, -0.15) is 0 Å². The predicted molar refractivity (Wildman–Crippen MR) is 118 cm³/mol. The summed E-state index contributed by atoms with van der Waals surface area (Å²) in [6.45, 7) is 0.907. The Bertz CT molecular complexity index is 1250. The largest absolute Gasteiger partial charge is 0.496 e. The van der Waals surface area contributed by atoms with Crippen molar-refractivity contribution in [2.75, 3.05) is 25.7 Å². The monoisotopic (exact) mass is 414 g/mol. The Kier molecular flexibility index (Phi) is 4.88. The minimum atomic E-state index is -0.746. The second-order valence-electron chi connectivity index (χ2n) is 7.39. The van der Waals surface area contributed by atoms with Crippen molar-refractivity contribution < 1.29 is 14.6 Å². The van der Waals surface area contributed by atoms with Gasteiger partial charge in [0.05, 0.1) is 26.3 Å². The molecule has 156 valence electrons. The van der Waals surface area contributed by atoms with Crippen LogP contribution in [0.25, 0.3) is 22.3 Å². The molecule has 0 unspecified atom stereocenters. The third-order valence-electron chi connectivity index (χ3n) is 5.59. The Morgan fingerprint density at radius 1 is 0.968 bits per heavy atom. The lowest BCUT2D eigenvalue weighted by Gasteiger charge is -2.35. The normalized spacial score (nSPS) is 15.6. The quantitative estimate of drug-likeness (QED) is 0.544. The minimum absolute atomic E-state index is 0.379. The van der Waals surface area contributed by atoms with E-state index in [-0.39, 0.29) is 0 Å². The van der Waals surface area contributed by atoms with E-state index >= 15 is 0 Å². The van der Waals surface area contributed by atoms with Crippen LogP contribution in [0.2, 0.25) is 0 Å². The number of pyridine rings is 1. The highest BCUT2D eigenvalue weighted by atomic mass is 16.5. The van der Waals surface area contributed by atoms with Gasteiger partial charge >= 0.3 is 0 Å². The number of aliphatic hydroxyl groups excluding tert-OH is 1. The lowest BCUT2D eigenvalue weighted by Crippen LogP contribution is -2.35. The molecule has 0 fully saturated rings. The van der Waals surface area contributed by atoms with Gasteiger partial charge in [-0.3, -0.25) is 4.98 Å². The van der Waals surface area contributed by atoms with E-state index < -0.39 is 6.10 Å². The number of anilines is 1. The van der Waals surface area contributed by atoms with Crippen molar-refractivity contribution in [3.8, 4) is 22.9 Å². The first-order valence-corrected chi connectivity index (χ1v) is 10.0. The molecule has 0 saturated carbocycles. The van der Waals surface area contributed by atoms with Crippen LogP contribution in [0.5, 0.6) is 11.5 Å². The molecule has 1 aliphatic rings. The van der Waals surface area contributed by atoms with Crippen LogP contribution in [0.3, 0.4) is 0 Å². The van der Waals surface area contributed by atoms with E-state index in [1.807, 2.05) is 48.5 Å². The summed E-state index contributed by atoms with van der Waals surface area (Å²) in [6, 6.07) is 15.4. The van der Waals surface area contributed by atoms with Crippen LogP contribution in [0.15, 0.2) is 60.9 Å². The molecular weight excluding hydrogens is 392 g/mol. The molecule has 0 radical (unpaired) electrons. The maximum absolute atomic E-state index is 11.1. The van der Waals surface area contributed by atoms with Crippen LogP contribution < -0.4 is 14.4 Å². The molecule has 31 heavy (non-hydrogen) atoms. The van der Waals surface area contributed by atoms with Gasteiger partial charge in [0, 0.05) is 41.0 Å². The van der Waals surface area contributed by atoms with Crippen molar-refractivity contribution in [3.05, 3.63) is 72.1 Å². The number of rotatable bonds is 4. The maximum atomic E-state index is 11.1. The van der Waals surface area contributed by atoms with Crippen molar-refractivity contribution >= 4 is 16.7 Å². The third kappa shape index (κ3) is 3.33. The van der Waals surface area contributed by atoms with E-state index in [0.717, 1.165) is 33.4 Å². The average molecular weight is 414 g/mol. The van der Waals surface area contributed by atoms with Gasteiger partial charge in [-0.25, -0.2) is 9.97 Å². The van der Waals surface area contributed by atoms with E-state index in [4.69, 9.17) is 19.4 Å². The summed E-state index contributed by atoms with van der Waals surface area (Å²) < 4.78 is 11.1. The predicted octanol–water partition coefficient (Wildman–Crippen LogP) is 3.76. The Hall–Kier alpha value is -3.71. The molecule has 4 aromatic rings. The molecule has 0 spiro atoms. The number of benzene rings is 2. The average Bonchev–Trinajstić information content (AvgIpc) is 2.83. The first-order valence-electron chi connectivity index (χ1n) is 10.0. The van der Waals surface area contributed by atoms with Crippen LogP contribution in [0, 0.1) is 0 Å². The fraction of sp³-hybridized carbons (Fsp3) is 0.208. The highest BCUT2D eigenvalue weighted by Gasteiger charge is 2.31. The van der Waals surface area contributed by atoms with E-state index in [1.54, 1.807) is 26.6 Å². The first kappa shape index (κ1) is 19.3. The van der Waals surface area contributed by atoms with E-state index in [0.29, 0.717) is 30.4 Å². The second kappa shape index (κ2) is 7.85. The van der Waals surface area contributed by atoms with Gasteiger partial charge in [0.1, 0.15) is 23.4 Å². The van der Waals surface area contributed by atoms with Gasteiger partial charge in [-0.1, -0.05) is 12.1 Å². The number of hydrogen-bond acceptors (Lipinski definition) is 7. The molecule has 1 N–H and O–H groups in total. The molecule has 2 aromatic heterocycles. The van der Waals surface area contributed by atoms with Crippen LogP contribution >= 0.6 is 0 Å². The number of β-amino-alcohol motifs (C(OH)–C–C–N with tert-alkyl or cyclic N) is 1. The van der Waals surface area contributed by atoms with Crippen LogP contribution in [0.4, 0.5) is 5.82 Å². The van der Waals surface area contributed by atoms with Crippen molar-refractivity contribution in [2.24, 2.45) is 0 Å². The van der Waals surface area contributed by atoms with Crippen molar-refractivity contribution in [1.29, 1.82) is 0 Å². The zero-order chi connectivity index (χ0) is 21.4. The SMILES string of the molecule is COc1ccc(OC)c2c1CN(c1nc(-c3cccnc3)nc3ccccc13)C[C@@H]2O. The molecule has 3 heterocycles. The van der Waals surface area contributed by atoms with Gasteiger partial charge in [-0.15, -0.1) is 0 Å². The number of nitrogens with zero attached hydrogens (tertiary/aromatic N) is 4. The lowest BCUT2D eigenvalue weighted by atomic mass is 9.95. The van der Waals surface area contributed by atoms with E-state index in [1.165, 1.54) is 0 Å². The topological polar surface area (TPSA) is 80.6 Å². The van der Waals surface area contributed by atoms with E-state index in [2.05, 4.69) is 9.88 Å². The Labute approximate surface area is 179 Å². The molecular formula is C24H22N4O3. The van der Waals surface area contributed by atoms with Gasteiger partial charge in [0.2, 0.25) is 0 Å². The Balaban J connectivity index is 1.67. The summed E-state index contributed by atoms with van der Waals surface area (Å²) in [5, 5.41) is 12.0. The molecule has 5 rings (SSSR count).